The summed E-state index contributed by atoms with van der Waals surface area (Å²) in [4.78, 5) is 48.8. The van der Waals surface area contributed by atoms with Crippen molar-refractivity contribution in [2.24, 2.45) is 0 Å². The van der Waals surface area contributed by atoms with Gasteiger partial charge in [-0.15, -0.1) is 5.75 Å². The highest BCUT2D eigenvalue weighted by atomic mass is 16.5. The Morgan fingerprint density at radius 1 is 0.879 bits per heavy atom. The van der Waals surface area contributed by atoms with Gasteiger partial charge in [-0.3, -0.25) is 14.4 Å². The molecule has 33 heavy (non-hydrogen) atoms. The molecule has 164 valence electrons. The van der Waals surface area contributed by atoms with Gasteiger partial charge in [0.2, 0.25) is 5.91 Å². The van der Waals surface area contributed by atoms with Crippen molar-refractivity contribution in [1.82, 2.24) is 0 Å². The Morgan fingerprint density at radius 2 is 1.58 bits per heavy atom. The molecule has 3 amide bonds. The minimum atomic E-state index is -1.24. The molecule has 0 atom stereocenters. The summed E-state index contributed by atoms with van der Waals surface area (Å²) >= 11 is 0. The van der Waals surface area contributed by atoms with Gasteiger partial charge < -0.3 is 20.3 Å². The molecule has 3 aromatic rings. The number of nitrogens with zero attached hydrogens (tertiary/aromatic N) is 1. The van der Waals surface area contributed by atoms with Crippen molar-refractivity contribution in [1.29, 1.82) is 0 Å². The zero-order valence-corrected chi connectivity index (χ0v) is 16.8. The van der Waals surface area contributed by atoms with Crippen LogP contribution in [0, 0.1) is 0 Å². The number of hydrogen-bond donors (Lipinski definition) is 2. The molecule has 9 nitrogen and oxygen atoms in total. The quantitative estimate of drug-likeness (QED) is 0.441. The normalized spacial score (nSPS) is 12.7. The fourth-order valence-corrected chi connectivity index (χ4v) is 3.22. The molecule has 4 rings (SSSR count). The molecule has 0 unspecified atom stereocenters. The topological polar surface area (TPSA) is 136 Å². The summed E-state index contributed by atoms with van der Waals surface area (Å²) in [6, 6.07) is 16.2. The highest BCUT2D eigenvalue weighted by molar-refractivity contribution is 6.34. The van der Waals surface area contributed by atoms with Crippen LogP contribution >= 0.6 is 0 Å². The highest BCUT2D eigenvalue weighted by Crippen LogP contribution is 2.33. The van der Waals surface area contributed by atoms with Crippen molar-refractivity contribution < 1.29 is 34.1 Å². The summed E-state index contributed by atoms with van der Waals surface area (Å²) in [5.74, 6) is -2.50. The second-order valence-electron chi connectivity index (χ2n) is 6.94. The maximum atomic E-state index is 12.9. The van der Waals surface area contributed by atoms with Crippen LogP contribution in [0.5, 0.6) is 17.2 Å². The van der Waals surface area contributed by atoms with E-state index in [2.05, 4.69) is 5.32 Å². The summed E-state index contributed by atoms with van der Waals surface area (Å²) in [7, 11) is 0. The van der Waals surface area contributed by atoms with E-state index in [1.165, 1.54) is 48.5 Å². The maximum absolute atomic E-state index is 12.9. The zero-order valence-electron chi connectivity index (χ0n) is 16.8. The second kappa shape index (κ2) is 8.67. The minimum absolute atomic E-state index is 0.159. The van der Waals surface area contributed by atoms with E-state index >= 15 is 0 Å². The van der Waals surface area contributed by atoms with E-state index in [4.69, 9.17) is 9.84 Å². The first kappa shape index (κ1) is 21.3. The summed E-state index contributed by atoms with van der Waals surface area (Å²) in [6.07, 6.45) is 1.60. The van der Waals surface area contributed by atoms with Crippen molar-refractivity contribution in [3.8, 4) is 17.2 Å². The number of nitrogens with one attached hydrogen (secondary N) is 1. The van der Waals surface area contributed by atoms with E-state index in [9.17, 15) is 24.3 Å². The van der Waals surface area contributed by atoms with Crippen molar-refractivity contribution in [3.05, 3.63) is 90.0 Å². The number of carbonyl (C=O) groups is 4. The summed E-state index contributed by atoms with van der Waals surface area (Å²) in [5, 5.41) is 22.4. The average molecular weight is 443 g/mol. The number of aliphatic carboxylic acids is 1. The smallest absolute Gasteiger partial charge is 0.328 e. The van der Waals surface area contributed by atoms with Crippen LogP contribution in [-0.4, -0.2) is 28.8 Å². The fraction of sp³-hybridized carbons (Fsp3) is 0. The fourth-order valence-electron chi connectivity index (χ4n) is 3.22. The molecule has 1 aliphatic heterocycles. The van der Waals surface area contributed by atoms with Crippen LogP contribution in [0.15, 0.2) is 78.9 Å². The number of ether oxygens (including phenoxy) is 1. The molecule has 3 aromatic carbocycles. The Hall–Kier alpha value is -4.92. The third-order valence-electron chi connectivity index (χ3n) is 4.67. The molecule has 0 aromatic heterocycles. The monoisotopic (exact) mass is 443 g/mol. The number of imide groups is 1. The minimum Gasteiger partial charge on any atom is -0.872 e. The molecule has 0 spiro atoms. The highest BCUT2D eigenvalue weighted by Gasteiger charge is 2.36. The number of carboxylic acid groups (broad SMARTS) is 1. The number of anilines is 2. The molecule has 0 radical (unpaired) electrons. The van der Waals surface area contributed by atoms with E-state index in [0.29, 0.717) is 22.9 Å². The van der Waals surface area contributed by atoms with Gasteiger partial charge in [0.05, 0.1) is 16.8 Å². The third-order valence-corrected chi connectivity index (χ3v) is 4.67. The predicted octanol–water partition coefficient (Wildman–Crippen LogP) is 2.93. The number of hydrogen-bond acceptors (Lipinski definition) is 6. The molecular weight excluding hydrogens is 428 g/mol. The summed E-state index contributed by atoms with van der Waals surface area (Å²) < 4.78 is 5.78. The van der Waals surface area contributed by atoms with Crippen LogP contribution in [0.25, 0.3) is 0 Å². The van der Waals surface area contributed by atoms with Gasteiger partial charge in [0, 0.05) is 23.9 Å². The first-order valence-electron chi connectivity index (χ1n) is 9.61. The molecule has 1 aliphatic rings. The number of amides is 3. The van der Waals surface area contributed by atoms with Gasteiger partial charge in [-0.2, -0.15) is 0 Å². The standard InChI is InChI=1S/C24H16N2O7/c27-16-6-4-15(5-7-16)26-23(31)19-9-8-18(13-20(19)24(26)32)33-17-3-1-2-14(12-17)25-21(28)10-11-22(29)30/h1-13,27H,(H,25,28)(H,29,30)/p-1/b11-10+. The number of benzene rings is 3. The van der Waals surface area contributed by atoms with Gasteiger partial charge in [-0.25, -0.2) is 9.69 Å². The van der Waals surface area contributed by atoms with Gasteiger partial charge >= 0.3 is 5.97 Å². The van der Waals surface area contributed by atoms with E-state index < -0.39 is 23.7 Å². The number of carboxylic acids is 1. The molecule has 0 bridgehead atoms. The van der Waals surface area contributed by atoms with Crippen LogP contribution < -0.4 is 20.1 Å². The van der Waals surface area contributed by atoms with Gasteiger partial charge in [0.15, 0.2) is 0 Å². The van der Waals surface area contributed by atoms with E-state index in [1.54, 1.807) is 18.2 Å². The SMILES string of the molecule is O=C(O)/C=C/C(=O)Nc1cccc(Oc2ccc3c(c2)C(=O)N(c2ccc([O-])cc2)C3=O)c1. The van der Waals surface area contributed by atoms with Crippen molar-refractivity contribution in [2.75, 3.05) is 10.2 Å². The van der Waals surface area contributed by atoms with Gasteiger partial charge in [0.1, 0.15) is 11.5 Å². The molecule has 0 saturated heterocycles. The lowest BCUT2D eigenvalue weighted by Crippen LogP contribution is -2.29. The van der Waals surface area contributed by atoms with Crippen LogP contribution in [-0.2, 0) is 9.59 Å². The average Bonchev–Trinajstić information content (AvgIpc) is 3.03. The predicted molar refractivity (Wildman–Crippen MR) is 115 cm³/mol. The molecular formula is C24H15N2O7-. The second-order valence-corrected chi connectivity index (χ2v) is 6.94. The first-order chi connectivity index (χ1) is 15.8. The number of rotatable bonds is 6. The Kier molecular flexibility index (Phi) is 5.60. The van der Waals surface area contributed by atoms with E-state index in [1.807, 2.05) is 0 Å². The van der Waals surface area contributed by atoms with E-state index in [-0.39, 0.29) is 16.9 Å². The van der Waals surface area contributed by atoms with Gasteiger partial charge in [0.25, 0.3) is 11.8 Å². The third kappa shape index (κ3) is 4.57. The van der Waals surface area contributed by atoms with Crippen LogP contribution in [0.2, 0.25) is 0 Å². The lowest BCUT2D eigenvalue weighted by atomic mass is 10.1. The Balaban J connectivity index is 1.53. The van der Waals surface area contributed by atoms with Crippen molar-refractivity contribution in [3.63, 3.8) is 0 Å². The zero-order chi connectivity index (χ0) is 23.5. The molecule has 0 saturated carbocycles. The van der Waals surface area contributed by atoms with Gasteiger partial charge in [-0.05, 0) is 42.5 Å². The molecule has 0 fully saturated rings. The Labute approximate surface area is 187 Å². The van der Waals surface area contributed by atoms with Crippen LogP contribution in [0.4, 0.5) is 11.4 Å². The Morgan fingerprint density at radius 3 is 2.30 bits per heavy atom. The number of carbonyl (C=O) groups excluding carboxylic acids is 3. The Bertz CT molecular complexity index is 1310. The van der Waals surface area contributed by atoms with E-state index in [0.717, 1.165) is 17.1 Å². The largest absolute Gasteiger partial charge is 0.872 e. The lowest BCUT2D eigenvalue weighted by Gasteiger charge is -2.15. The van der Waals surface area contributed by atoms with Gasteiger partial charge in [-0.1, -0.05) is 18.2 Å². The van der Waals surface area contributed by atoms with Crippen LogP contribution in [0.1, 0.15) is 20.7 Å². The lowest BCUT2D eigenvalue weighted by molar-refractivity contribution is -0.268. The number of fused-ring (bicyclic) bond motifs is 1. The molecule has 1 heterocycles. The van der Waals surface area contributed by atoms with Crippen LogP contribution in [0.3, 0.4) is 0 Å². The molecule has 2 N–H and O–H groups in total. The van der Waals surface area contributed by atoms with Crippen molar-refractivity contribution in [2.45, 2.75) is 0 Å². The summed E-state index contributed by atoms with van der Waals surface area (Å²) in [6.45, 7) is 0. The first-order valence-corrected chi connectivity index (χ1v) is 9.61. The van der Waals surface area contributed by atoms with Crippen molar-refractivity contribution >= 4 is 35.1 Å². The maximum Gasteiger partial charge on any atom is 0.328 e. The molecule has 9 heteroatoms. The summed E-state index contributed by atoms with van der Waals surface area (Å²) in [5.41, 5.74) is 1.04. The molecule has 0 aliphatic carbocycles.